The number of allylic oxidation sites excluding steroid dienone is 2. The molecule has 0 N–H and O–H groups in total. The summed E-state index contributed by atoms with van der Waals surface area (Å²) in [5.74, 6) is -1.52. The van der Waals surface area contributed by atoms with Gasteiger partial charge in [-0.1, -0.05) is 6.08 Å². The lowest BCUT2D eigenvalue weighted by Crippen LogP contribution is -2.31. The maximum atomic E-state index is 13.3. The minimum Gasteiger partial charge on any atom is -0.465 e. The fourth-order valence-electron chi connectivity index (χ4n) is 3.89. The Morgan fingerprint density at radius 2 is 1.64 bits per heavy atom. The van der Waals surface area contributed by atoms with Crippen LogP contribution in [0.5, 0.6) is 0 Å². The van der Waals surface area contributed by atoms with Gasteiger partial charge in [0.05, 0.1) is 35.6 Å². The largest absolute Gasteiger partial charge is 0.465 e. The van der Waals surface area contributed by atoms with E-state index in [9.17, 15) is 18.0 Å². The summed E-state index contributed by atoms with van der Waals surface area (Å²) in [5, 5.41) is -0.684. The van der Waals surface area contributed by atoms with Gasteiger partial charge in [-0.15, -0.1) is 0 Å². The number of nitrogens with zero attached hydrogens (tertiary/aromatic N) is 2. The van der Waals surface area contributed by atoms with Crippen molar-refractivity contribution in [2.75, 3.05) is 37.1 Å². The Balaban J connectivity index is 2.30. The molecule has 1 saturated heterocycles. The molecule has 0 atom stereocenters. The van der Waals surface area contributed by atoms with Crippen LogP contribution in [0.1, 0.15) is 33.1 Å². The first-order valence-electron chi connectivity index (χ1n) is 10.9. The molecule has 9 heteroatoms. The van der Waals surface area contributed by atoms with E-state index in [-0.39, 0.29) is 21.9 Å². The second-order valence-corrected chi connectivity index (χ2v) is 10.6. The van der Waals surface area contributed by atoms with E-state index in [0.29, 0.717) is 0 Å². The van der Waals surface area contributed by atoms with E-state index >= 15 is 0 Å². The van der Waals surface area contributed by atoms with Gasteiger partial charge in [0, 0.05) is 25.0 Å². The highest BCUT2D eigenvalue weighted by Crippen LogP contribution is 2.37. The molecule has 178 valence electrons. The second kappa shape index (κ2) is 10.2. The molecule has 0 saturated carbocycles. The Bertz CT molecular complexity index is 1110. The maximum absolute atomic E-state index is 13.3. The van der Waals surface area contributed by atoms with Crippen molar-refractivity contribution in [3.05, 3.63) is 53.9 Å². The molecule has 1 aromatic rings. The summed E-state index contributed by atoms with van der Waals surface area (Å²) in [6, 6.07) is 5.13. The van der Waals surface area contributed by atoms with E-state index in [1.165, 1.54) is 25.2 Å². The number of hydrogen-bond acceptors (Lipinski definition) is 8. The van der Waals surface area contributed by atoms with Gasteiger partial charge in [-0.05, 0) is 63.5 Å². The summed E-state index contributed by atoms with van der Waals surface area (Å²) in [6.07, 6.45) is 9.45. The molecule has 0 unspecified atom stereocenters. The smallest absolute Gasteiger partial charge is 0.355 e. The molecule has 3 rings (SSSR count). The van der Waals surface area contributed by atoms with Crippen LogP contribution in [0.3, 0.4) is 0 Å². The number of benzene rings is 1. The fraction of sp³-hybridized carbons (Fsp3) is 0.417. The van der Waals surface area contributed by atoms with Crippen LogP contribution in [-0.4, -0.2) is 52.9 Å². The van der Waals surface area contributed by atoms with E-state index in [1.807, 2.05) is 0 Å². The predicted molar refractivity (Wildman–Crippen MR) is 127 cm³/mol. The molecule has 2 heterocycles. The molecule has 33 heavy (non-hydrogen) atoms. The summed E-state index contributed by atoms with van der Waals surface area (Å²) in [6.45, 7) is 4.93. The maximum Gasteiger partial charge on any atom is 0.355 e. The summed E-state index contributed by atoms with van der Waals surface area (Å²) >= 11 is 0. The van der Waals surface area contributed by atoms with Crippen molar-refractivity contribution in [1.29, 1.82) is 0 Å². The predicted octanol–water partition coefficient (Wildman–Crippen LogP) is 3.35. The lowest BCUT2D eigenvalue weighted by Gasteiger charge is -2.31. The average Bonchev–Trinajstić information content (AvgIpc) is 3.06. The number of carbonyl (C=O) groups excluding carboxylic acids is 2. The van der Waals surface area contributed by atoms with Gasteiger partial charge in [0.25, 0.3) is 0 Å². The molecule has 0 aromatic heterocycles. The van der Waals surface area contributed by atoms with Crippen molar-refractivity contribution in [1.82, 2.24) is 0 Å². The van der Waals surface area contributed by atoms with Gasteiger partial charge in [0.15, 0.2) is 9.84 Å². The molecular weight excluding hydrogens is 444 g/mol. The first-order valence-corrected chi connectivity index (χ1v) is 12.4. The molecule has 2 aliphatic rings. The number of carbonyl (C=O) groups is 2. The first kappa shape index (κ1) is 24.6. The number of hydrogen-bond donors (Lipinski definition) is 0. The van der Waals surface area contributed by atoms with Crippen LogP contribution in [0.15, 0.2) is 58.8 Å². The van der Waals surface area contributed by atoms with Crippen LogP contribution in [0.4, 0.5) is 11.4 Å². The standard InChI is InChI=1S/C24H30N2O6S/c1-17(2)33(29,30)21-12-11-18(25-13-7-5-8-14-25)16-20(21)26-15-9-6-10-19(23(27)31-3)22(26)24(28)32-4/h6,9-12,15-17H,5,7-8,13-14H2,1-4H3. The van der Waals surface area contributed by atoms with Gasteiger partial charge in [0.1, 0.15) is 5.70 Å². The third-order valence-corrected chi connectivity index (χ3v) is 7.94. The zero-order valence-corrected chi connectivity index (χ0v) is 20.2. The summed E-state index contributed by atoms with van der Waals surface area (Å²) in [4.78, 5) is 29.0. The molecule has 1 fully saturated rings. The molecule has 1 aromatic carbocycles. The quantitative estimate of drug-likeness (QED) is 0.580. The Labute approximate surface area is 195 Å². The second-order valence-electron chi connectivity index (χ2n) is 8.11. The normalized spacial score (nSPS) is 16.8. The zero-order chi connectivity index (χ0) is 24.2. The zero-order valence-electron chi connectivity index (χ0n) is 19.4. The van der Waals surface area contributed by atoms with Crippen LogP contribution in [0.2, 0.25) is 0 Å². The Kier molecular flexibility index (Phi) is 7.63. The van der Waals surface area contributed by atoms with Crippen molar-refractivity contribution in [3.63, 3.8) is 0 Å². The minimum atomic E-state index is -3.72. The first-order chi connectivity index (χ1) is 15.7. The molecule has 8 nitrogen and oxygen atoms in total. The summed E-state index contributed by atoms with van der Waals surface area (Å²) in [7, 11) is -1.30. The third-order valence-electron chi connectivity index (χ3n) is 5.74. The van der Waals surface area contributed by atoms with Crippen molar-refractivity contribution in [2.45, 2.75) is 43.3 Å². The Morgan fingerprint density at radius 3 is 2.24 bits per heavy atom. The van der Waals surface area contributed by atoms with Gasteiger partial charge in [-0.25, -0.2) is 18.0 Å². The van der Waals surface area contributed by atoms with Gasteiger partial charge in [-0.2, -0.15) is 0 Å². The minimum absolute atomic E-state index is 0.0365. The summed E-state index contributed by atoms with van der Waals surface area (Å²) < 4.78 is 36.4. The fourth-order valence-corrected chi connectivity index (χ4v) is 5.10. The SMILES string of the molecule is COC(=O)C1=C(C(=O)OC)N(c2cc(N3CCCCC3)ccc2S(=O)(=O)C(C)C)C=CC=C1. The van der Waals surface area contributed by atoms with Crippen LogP contribution in [-0.2, 0) is 28.9 Å². The topological polar surface area (TPSA) is 93.2 Å². The molecular formula is C24H30N2O6S. The van der Waals surface area contributed by atoms with E-state index in [0.717, 1.165) is 38.0 Å². The number of rotatable bonds is 6. The summed E-state index contributed by atoms with van der Waals surface area (Å²) in [5.41, 5.74) is 0.964. The van der Waals surface area contributed by atoms with E-state index in [4.69, 9.17) is 9.47 Å². The number of methoxy groups -OCH3 is 2. The van der Waals surface area contributed by atoms with Gasteiger partial charge in [0.2, 0.25) is 0 Å². The number of anilines is 2. The van der Waals surface area contributed by atoms with Crippen molar-refractivity contribution >= 4 is 33.2 Å². The van der Waals surface area contributed by atoms with Crippen molar-refractivity contribution < 1.29 is 27.5 Å². The number of ether oxygens (including phenoxy) is 2. The lowest BCUT2D eigenvalue weighted by molar-refractivity contribution is -0.139. The third kappa shape index (κ3) is 4.98. The number of esters is 2. The average molecular weight is 475 g/mol. The highest BCUT2D eigenvalue weighted by Gasteiger charge is 2.32. The molecule has 0 bridgehead atoms. The van der Waals surface area contributed by atoms with Gasteiger partial charge in [-0.3, -0.25) is 0 Å². The Hall–Kier alpha value is -3.07. The molecule has 2 aliphatic heterocycles. The van der Waals surface area contributed by atoms with Crippen LogP contribution in [0.25, 0.3) is 0 Å². The molecule has 0 amide bonds. The van der Waals surface area contributed by atoms with Crippen LogP contribution < -0.4 is 9.80 Å². The molecule has 0 spiro atoms. The van der Waals surface area contributed by atoms with Crippen molar-refractivity contribution in [2.24, 2.45) is 0 Å². The van der Waals surface area contributed by atoms with Crippen LogP contribution >= 0.6 is 0 Å². The molecule has 0 aliphatic carbocycles. The monoisotopic (exact) mass is 474 g/mol. The van der Waals surface area contributed by atoms with E-state index < -0.39 is 27.0 Å². The van der Waals surface area contributed by atoms with Crippen LogP contribution in [0, 0.1) is 0 Å². The lowest BCUT2D eigenvalue weighted by atomic mass is 10.1. The van der Waals surface area contributed by atoms with E-state index in [2.05, 4.69) is 4.90 Å². The number of sulfone groups is 1. The van der Waals surface area contributed by atoms with Crippen molar-refractivity contribution in [3.8, 4) is 0 Å². The van der Waals surface area contributed by atoms with Gasteiger partial charge >= 0.3 is 11.9 Å². The molecule has 0 radical (unpaired) electrons. The highest BCUT2D eigenvalue weighted by atomic mass is 32.2. The Morgan fingerprint density at radius 1 is 0.970 bits per heavy atom. The van der Waals surface area contributed by atoms with Gasteiger partial charge < -0.3 is 19.3 Å². The van der Waals surface area contributed by atoms with E-state index in [1.54, 1.807) is 50.4 Å². The number of piperidine rings is 1. The highest BCUT2D eigenvalue weighted by molar-refractivity contribution is 7.92.